The van der Waals surface area contributed by atoms with Gasteiger partial charge >= 0.3 is 0 Å². The number of fused-ring (bicyclic) bond motifs is 2. The highest BCUT2D eigenvalue weighted by Crippen LogP contribution is 2.33. The maximum Gasteiger partial charge on any atom is 0.271 e. The van der Waals surface area contributed by atoms with Crippen LogP contribution in [-0.2, 0) is 6.54 Å². The number of H-pyrrole nitrogens is 1. The molecule has 132 valence electrons. The smallest absolute Gasteiger partial charge is 0.271 e. The molecule has 0 bridgehead atoms. The van der Waals surface area contributed by atoms with E-state index in [0.29, 0.717) is 22.7 Å². The largest absolute Gasteiger partial charge is 0.328 e. The topological polar surface area (TPSA) is 93.8 Å². The zero-order valence-electron chi connectivity index (χ0n) is 13.8. The highest BCUT2D eigenvalue weighted by atomic mass is 32.1. The van der Waals surface area contributed by atoms with Crippen LogP contribution in [0.3, 0.4) is 0 Å². The van der Waals surface area contributed by atoms with Crippen LogP contribution in [0, 0.1) is 5.82 Å². The molecule has 1 saturated carbocycles. The lowest BCUT2D eigenvalue weighted by Gasteiger charge is -2.26. The van der Waals surface area contributed by atoms with Crippen molar-refractivity contribution in [3.8, 4) is 0 Å². The van der Waals surface area contributed by atoms with E-state index in [0.717, 1.165) is 37.2 Å². The number of hydrogen-bond acceptors (Lipinski definition) is 5. The molecule has 0 amide bonds. The minimum Gasteiger partial charge on any atom is -0.328 e. The van der Waals surface area contributed by atoms with Gasteiger partial charge in [-0.15, -0.1) is 0 Å². The molecule has 0 radical (unpaired) electrons. The average Bonchev–Trinajstić information content (AvgIpc) is 2.98. The summed E-state index contributed by atoms with van der Waals surface area (Å²) in [5.74, 6) is -0.455. The predicted octanol–water partition coefficient (Wildman–Crippen LogP) is 2.44. The third-order valence-electron chi connectivity index (χ3n) is 5.11. The zero-order chi connectivity index (χ0) is 17.7. The van der Waals surface area contributed by atoms with E-state index in [-0.39, 0.29) is 22.7 Å². The van der Waals surface area contributed by atoms with Crippen molar-refractivity contribution in [2.24, 2.45) is 5.73 Å². The van der Waals surface area contributed by atoms with Crippen molar-refractivity contribution in [1.29, 1.82) is 0 Å². The van der Waals surface area contributed by atoms with Gasteiger partial charge in [-0.1, -0.05) is 0 Å². The molecule has 3 N–H and O–H groups in total. The van der Waals surface area contributed by atoms with E-state index in [1.165, 1.54) is 6.07 Å². The van der Waals surface area contributed by atoms with Crippen LogP contribution in [0.5, 0.6) is 0 Å². The third kappa shape index (κ3) is 2.51. The van der Waals surface area contributed by atoms with Gasteiger partial charge < -0.3 is 10.3 Å². The molecule has 0 atom stereocenters. The average molecular weight is 362 g/mol. The Labute approximate surface area is 146 Å². The summed E-state index contributed by atoms with van der Waals surface area (Å²) in [5, 5.41) is 0.240. The summed E-state index contributed by atoms with van der Waals surface area (Å²) in [6.45, 7) is 2.45. The molecule has 0 unspecified atom stereocenters. The number of aromatic amines is 1. The lowest BCUT2D eigenvalue weighted by molar-refractivity contribution is 0.381. The van der Waals surface area contributed by atoms with Crippen LogP contribution in [0.25, 0.3) is 21.3 Å². The molecule has 0 saturated heterocycles. The number of aryl methyl sites for hydroxylation is 1. The van der Waals surface area contributed by atoms with E-state index in [1.807, 2.05) is 11.5 Å². The van der Waals surface area contributed by atoms with Crippen molar-refractivity contribution in [2.75, 3.05) is 0 Å². The van der Waals surface area contributed by atoms with E-state index < -0.39 is 16.8 Å². The van der Waals surface area contributed by atoms with Crippen LogP contribution < -0.4 is 16.7 Å². The Morgan fingerprint density at radius 2 is 2.08 bits per heavy atom. The van der Waals surface area contributed by atoms with Crippen molar-refractivity contribution < 1.29 is 4.39 Å². The number of pyridine rings is 2. The van der Waals surface area contributed by atoms with Crippen LogP contribution in [0.1, 0.15) is 44.2 Å². The van der Waals surface area contributed by atoms with Gasteiger partial charge in [0.1, 0.15) is 21.7 Å². The number of hydrogen-bond donors (Lipinski definition) is 2. The lowest BCUT2D eigenvalue weighted by atomic mass is 9.84. The van der Waals surface area contributed by atoms with Gasteiger partial charge in [0.2, 0.25) is 5.43 Å². The molecule has 3 aromatic heterocycles. The molecule has 8 heteroatoms. The summed E-state index contributed by atoms with van der Waals surface area (Å²) in [4.78, 5) is 29.7. The quantitative estimate of drug-likeness (QED) is 0.732. The highest BCUT2D eigenvalue weighted by molar-refractivity contribution is 7.12. The van der Waals surface area contributed by atoms with Gasteiger partial charge in [-0.05, 0) is 50.2 Å². The fraction of sp³-hybridized carbons (Fsp3) is 0.471. The zero-order valence-corrected chi connectivity index (χ0v) is 14.7. The molecule has 6 nitrogen and oxygen atoms in total. The molecule has 0 aromatic carbocycles. The van der Waals surface area contributed by atoms with Crippen LogP contribution in [-0.4, -0.2) is 20.0 Å². The molecule has 25 heavy (non-hydrogen) atoms. The second-order valence-corrected chi connectivity index (χ2v) is 7.42. The Bertz CT molecular complexity index is 1080. The van der Waals surface area contributed by atoms with Gasteiger partial charge in [-0.3, -0.25) is 14.0 Å². The van der Waals surface area contributed by atoms with Crippen molar-refractivity contribution in [2.45, 2.75) is 51.1 Å². The number of nitrogens with zero attached hydrogens (tertiary/aromatic N) is 2. The van der Waals surface area contributed by atoms with Crippen LogP contribution in [0.2, 0.25) is 0 Å². The Kier molecular flexibility index (Phi) is 3.96. The third-order valence-corrected chi connectivity index (χ3v) is 6.02. The first-order valence-electron chi connectivity index (χ1n) is 8.51. The SMILES string of the molecule is CCn1c2nc(C3CCC(N)CC3)c(F)cc2c(=O)c2c(=O)[nH]sc21. The molecular formula is C17H19FN4O2S. The van der Waals surface area contributed by atoms with Crippen molar-refractivity contribution in [3.05, 3.63) is 38.2 Å². The standard InChI is InChI=1S/C17H19FN4O2S/c1-2-22-15-10(14(23)12-16(24)21-25-17(12)22)7-11(18)13(20-15)8-3-5-9(19)6-4-8/h7-9H,2-6,19H2,1H3,(H,21,24). The van der Waals surface area contributed by atoms with Crippen molar-refractivity contribution in [1.82, 2.24) is 13.9 Å². The van der Waals surface area contributed by atoms with E-state index in [9.17, 15) is 14.0 Å². The van der Waals surface area contributed by atoms with Crippen LogP contribution in [0.15, 0.2) is 15.7 Å². The summed E-state index contributed by atoms with van der Waals surface area (Å²) in [5.41, 5.74) is 5.91. The molecule has 4 rings (SSSR count). The highest BCUT2D eigenvalue weighted by Gasteiger charge is 2.26. The summed E-state index contributed by atoms with van der Waals surface area (Å²) in [6, 6.07) is 1.42. The Balaban J connectivity index is 2.00. The summed E-state index contributed by atoms with van der Waals surface area (Å²) in [6.07, 6.45) is 3.30. The molecule has 0 aliphatic heterocycles. The van der Waals surface area contributed by atoms with E-state index >= 15 is 0 Å². The van der Waals surface area contributed by atoms with Gasteiger partial charge in [0.05, 0.1) is 11.1 Å². The predicted molar refractivity (Wildman–Crippen MR) is 96.8 cm³/mol. The van der Waals surface area contributed by atoms with Gasteiger partial charge in [-0.2, -0.15) is 0 Å². The number of rotatable bonds is 2. The Hall–Kier alpha value is -2.06. The molecule has 1 aliphatic carbocycles. The second-order valence-electron chi connectivity index (χ2n) is 6.63. The minimum atomic E-state index is -0.473. The fourth-order valence-electron chi connectivity index (χ4n) is 3.75. The van der Waals surface area contributed by atoms with Crippen LogP contribution >= 0.6 is 11.5 Å². The normalized spacial score (nSPS) is 21.2. The molecule has 1 aliphatic rings. The summed E-state index contributed by atoms with van der Waals surface area (Å²) >= 11 is 1.12. The maximum absolute atomic E-state index is 14.7. The fourth-order valence-corrected chi connectivity index (χ4v) is 4.66. The van der Waals surface area contributed by atoms with E-state index in [1.54, 1.807) is 0 Å². The molecule has 0 spiro atoms. The van der Waals surface area contributed by atoms with Gasteiger partial charge in [-0.25, -0.2) is 9.37 Å². The van der Waals surface area contributed by atoms with Crippen molar-refractivity contribution >= 4 is 32.8 Å². The number of nitrogens with one attached hydrogen (secondary N) is 1. The maximum atomic E-state index is 14.7. The molecular weight excluding hydrogens is 343 g/mol. The van der Waals surface area contributed by atoms with E-state index in [4.69, 9.17) is 5.73 Å². The summed E-state index contributed by atoms with van der Waals surface area (Å²) in [7, 11) is 0. The van der Waals surface area contributed by atoms with E-state index in [2.05, 4.69) is 9.36 Å². The Morgan fingerprint density at radius 1 is 1.36 bits per heavy atom. The minimum absolute atomic E-state index is 0.0188. The Morgan fingerprint density at radius 3 is 2.76 bits per heavy atom. The monoisotopic (exact) mass is 362 g/mol. The lowest BCUT2D eigenvalue weighted by Crippen LogP contribution is -2.26. The molecule has 1 fully saturated rings. The number of halogens is 1. The first-order valence-corrected chi connectivity index (χ1v) is 9.32. The van der Waals surface area contributed by atoms with Gasteiger partial charge in [0.15, 0.2) is 0 Å². The molecule has 3 aromatic rings. The number of aromatic nitrogens is 3. The molecule has 3 heterocycles. The van der Waals surface area contributed by atoms with Gasteiger partial charge in [0, 0.05) is 18.5 Å². The van der Waals surface area contributed by atoms with Gasteiger partial charge in [0.25, 0.3) is 5.56 Å². The number of nitrogens with two attached hydrogens (primary N) is 1. The van der Waals surface area contributed by atoms with Crippen molar-refractivity contribution in [3.63, 3.8) is 0 Å². The summed E-state index contributed by atoms with van der Waals surface area (Å²) < 4.78 is 19.1. The first-order chi connectivity index (χ1) is 12.0. The first kappa shape index (κ1) is 16.4. The van der Waals surface area contributed by atoms with Crippen LogP contribution in [0.4, 0.5) is 4.39 Å². The second kappa shape index (κ2) is 6.03.